The molecule has 18 N–H and O–H groups in total. The third-order valence-electron chi connectivity index (χ3n) is 8.99. The zero-order chi connectivity index (χ0) is 35.3. The van der Waals surface area contributed by atoms with E-state index in [2.05, 4.69) is 10.6 Å². The lowest BCUT2D eigenvalue weighted by molar-refractivity contribution is -0.284. The number of amides is 1. The molecule has 1 aliphatic carbocycles. The second kappa shape index (κ2) is 17.6. The number of likely N-dealkylation sites (N-methyl/N-ethyl adjacent to an activating group) is 1. The molecule has 1 saturated carbocycles. The molecule has 2 saturated heterocycles. The molecule has 4 aliphatic rings. The number of carbonyl (C=O) groups excluding carboxylic acids is 1. The molecule has 0 radical (unpaired) electrons. The topological polar surface area (TPSA) is 348 Å². The van der Waals surface area contributed by atoms with Gasteiger partial charge in [0.25, 0.3) is 0 Å². The average Bonchev–Trinajstić information content (AvgIpc) is 3.36. The van der Waals surface area contributed by atoms with Crippen LogP contribution in [0.15, 0.2) is 12.2 Å². The van der Waals surface area contributed by atoms with Crippen LogP contribution in [0.4, 0.5) is 0 Å². The number of aliphatic hydroxyl groups excluding tert-OH is 6. The Hall–Kier alpha value is -1.51. The van der Waals surface area contributed by atoms with Crippen LogP contribution in [0.25, 0.3) is 0 Å². The summed E-state index contributed by atoms with van der Waals surface area (Å²) >= 11 is 0. The third kappa shape index (κ3) is 8.85. The minimum atomic E-state index is -1.64. The number of hydrogen-bond donors (Lipinski definition) is 13. The van der Waals surface area contributed by atoms with Crippen molar-refractivity contribution in [3.63, 3.8) is 0 Å². The fraction of sp³-hybridized carbons (Fsp3) is 0.893. The minimum absolute atomic E-state index is 0.0169. The average molecular weight is 696 g/mol. The summed E-state index contributed by atoms with van der Waals surface area (Å²) in [5, 5.41) is 69.3. The third-order valence-corrected chi connectivity index (χ3v) is 8.99. The summed E-state index contributed by atoms with van der Waals surface area (Å²) in [5.74, 6) is -0.787. The first-order valence-corrected chi connectivity index (χ1v) is 16.1. The molecule has 0 aromatic rings. The van der Waals surface area contributed by atoms with E-state index >= 15 is 0 Å². The highest BCUT2D eigenvalue weighted by Gasteiger charge is 2.54. The Morgan fingerprint density at radius 3 is 2.19 bits per heavy atom. The summed E-state index contributed by atoms with van der Waals surface area (Å²) < 4.78 is 35.6. The van der Waals surface area contributed by atoms with Crippen LogP contribution in [0.5, 0.6) is 0 Å². The summed E-state index contributed by atoms with van der Waals surface area (Å²) in [4.78, 5) is 12.7. The molecule has 1 unspecified atom stereocenters. The maximum absolute atomic E-state index is 12.7. The smallest absolute Gasteiger partial charge is 0.249 e. The first kappa shape index (κ1) is 39.3. The Morgan fingerprint density at radius 2 is 1.54 bits per heavy atom. The minimum Gasteiger partial charge on any atom is -0.394 e. The highest BCUT2D eigenvalue weighted by Crippen LogP contribution is 2.34. The molecule has 3 heterocycles. The summed E-state index contributed by atoms with van der Waals surface area (Å²) in [6, 6.07) is -3.93. The Balaban J connectivity index is 1.55. The lowest BCUT2D eigenvalue weighted by Crippen LogP contribution is -2.67. The van der Waals surface area contributed by atoms with E-state index in [1.54, 1.807) is 19.2 Å². The first-order valence-electron chi connectivity index (χ1n) is 16.1. The highest BCUT2D eigenvalue weighted by atomic mass is 16.8. The molecular formula is C28H53N7O13. The number of nitrogens with two attached hydrogens (primary N) is 5. The fourth-order valence-electron chi connectivity index (χ4n) is 6.24. The van der Waals surface area contributed by atoms with Gasteiger partial charge in [0.05, 0.1) is 30.8 Å². The molecule has 0 aromatic carbocycles. The van der Waals surface area contributed by atoms with Gasteiger partial charge in [-0.15, -0.1) is 0 Å². The van der Waals surface area contributed by atoms with Gasteiger partial charge in [0.15, 0.2) is 18.9 Å². The largest absolute Gasteiger partial charge is 0.394 e. The van der Waals surface area contributed by atoms with Gasteiger partial charge in [-0.25, -0.2) is 0 Å². The number of nitrogens with one attached hydrogen (secondary N) is 2. The van der Waals surface area contributed by atoms with Gasteiger partial charge in [0.2, 0.25) is 5.91 Å². The SMILES string of the molecule is CNC[C@@H]1C=C[C@@H](N)[C@@H](O[C@H]2[C@H](O[C@@H]3O[C@H](CO)[C@@H](O[C@H]4O[C@@H](CN)[C@@H](O)[C@H](O)[C@H]4N)[C@H]3O)[C@@H](O)[C@H](NC(=O)C(O)CCN)C[C@@H]2N)O1. The van der Waals surface area contributed by atoms with Crippen LogP contribution in [-0.4, -0.2) is 180 Å². The van der Waals surface area contributed by atoms with E-state index < -0.39 is 123 Å². The van der Waals surface area contributed by atoms with Crippen molar-refractivity contribution in [2.24, 2.45) is 28.7 Å². The number of rotatable bonds is 14. The lowest BCUT2D eigenvalue weighted by Gasteiger charge is -2.46. The number of carbonyl (C=O) groups is 1. The van der Waals surface area contributed by atoms with Crippen molar-refractivity contribution in [1.29, 1.82) is 0 Å². The predicted octanol–water partition coefficient (Wildman–Crippen LogP) is -7.93. The lowest BCUT2D eigenvalue weighted by atomic mass is 9.83. The van der Waals surface area contributed by atoms with Crippen molar-refractivity contribution in [2.75, 3.05) is 33.3 Å². The Labute approximate surface area is 277 Å². The molecule has 3 aliphatic heterocycles. The monoisotopic (exact) mass is 695 g/mol. The highest BCUT2D eigenvalue weighted by molar-refractivity contribution is 5.80. The molecule has 20 nitrogen and oxygen atoms in total. The fourth-order valence-corrected chi connectivity index (χ4v) is 6.24. The molecule has 20 heteroatoms. The maximum Gasteiger partial charge on any atom is 0.249 e. The maximum atomic E-state index is 12.7. The molecule has 0 bridgehead atoms. The van der Waals surface area contributed by atoms with Crippen LogP contribution < -0.4 is 39.3 Å². The van der Waals surface area contributed by atoms with E-state index in [9.17, 15) is 35.4 Å². The van der Waals surface area contributed by atoms with Crippen LogP contribution >= 0.6 is 0 Å². The van der Waals surface area contributed by atoms with Gasteiger partial charge in [-0.3, -0.25) is 4.79 Å². The van der Waals surface area contributed by atoms with E-state index in [0.29, 0.717) is 6.54 Å². The van der Waals surface area contributed by atoms with Crippen molar-refractivity contribution in [3.05, 3.63) is 12.2 Å². The summed E-state index contributed by atoms with van der Waals surface area (Å²) in [6.45, 7) is -0.345. The zero-order valence-electron chi connectivity index (χ0n) is 26.7. The number of hydrogen-bond acceptors (Lipinski definition) is 19. The molecule has 4 rings (SSSR count). The zero-order valence-corrected chi connectivity index (χ0v) is 26.7. The molecule has 48 heavy (non-hydrogen) atoms. The second-order valence-corrected chi connectivity index (χ2v) is 12.5. The van der Waals surface area contributed by atoms with Crippen molar-refractivity contribution in [2.45, 2.75) is 123 Å². The van der Waals surface area contributed by atoms with Crippen LogP contribution in [-0.2, 0) is 33.2 Å². The van der Waals surface area contributed by atoms with Gasteiger partial charge in [0, 0.05) is 19.1 Å². The molecule has 1 amide bonds. The van der Waals surface area contributed by atoms with Crippen molar-refractivity contribution in [3.8, 4) is 0 Å². The van der Waals surface area contributed by atoms with E-state index in [0.717, 1.165) is 0 Å². The van der Waals surface area contributed by atoms with Gasteiger partial charge in [0.1, 0.15) is 61.0 Å². The van der Waals surface area contributed by atoms with Gasteiger partial charge in [-0.1, -0.05) is 12.2 Å². The van der Waals surface area contributed by atoms with Crippen LogP contribution in [0.2, 0.25) is 0 Å². The van der Waals surface area contributed by atoms with Crippen LogP contribution in [0.1, 0.15) is 12.8 Å². The van der Waals surface area contributed by atoms with E-state index in [1.807, 2.05) is 0 Å². The Kier molecular flexibility index (Phi) is 14.4. The number of aliphatic hydroxyl groups is 6. The summed E-state index contributed by atoms with van der Waals surface area (Å²) in [7, 11) is 1.75. The van der Waals surface area contributed by atoms with E-state index in [-0.39, 0.29) is 25.9 Å². The first-order chi connectivity index (χ1) is 22.8. The van der Waals surface area contributed by atoms with Gasteiger partial charge >= 0.3 is 0 Å². The van der Waals surface area contributed by atoms with Gasteiger partial charge < -0.3 is 98.4 Å². The molecular weight excluding hydrogens is 642 g/mol. The van der Waals surface area contributed by atoms with Gasteiger partial charge in [-0.2, -0.15) is 0 Å². The van der Waals surface area contributed by atoms with E-state index in [1.165, 1.54) is 0 Å². The Morgan fingerprint density at radius 1 is 0.875 bits per heavy atom. The molecule has 0 aromatic heterocycles. The normalized spacial score (nSPS) is 45.6. The Bertz CT molecular complexity index is 1050. The van der Waals surface area contributed by atoms with E-state index in [4.69, 9.17) is 57.1 Å². The van der Waals surface area contributed by atoms with Crippen molar-refractivity contribution in [1.82, 2.24) is 10.6 Å². The standard InChI is InChI=1S/C28H53N7O13/c1-34-8-10-2-3-11(31)26(43-10)46-22-12(32)6-13(35-25(42)14(37)4-5-29)18(38)24(22)48-28-21(41)23(16(9-36)45-28)47-27-17(33)20(40)19(39)15(7-30)44-27/h2-3,10-24,26-28,34,36-41H,4-9,29-33H2,1H3,(H,35,42)/t10-,11+,12-,13+,14?,15-,16+,17+,18-,19+,20+,21+,22+,23+,24+,26+,27+,28-/m0/s1. The molecule has 0 spiro atoms. The summed E-state index contributed by atoms with van der Waals surface area (Å²) in [5.41, 5.74) is 29.9. The van der Waals surface area contributed by atoms with Crippen molar-refractivity contribution >= 4 is 5.91 Å². The van der Waals surface area contributed by atoms with Crippen LogP contribution in [0.3, 0.4) is 0 Å². The number of ether oxygens (including phenoxy) is 6. The van der Waals surface area contributed by atoms with Crippen molar-refractivity contribution < 1.29 is 63.9 Å². The quantitative estimate of drug-likeness (QED) is 0.0750. The summed E-state index contributed by atoms with van der Waals surface area (Å²) in [6.07, 6.45) is -14.5. The molecule has 18 atom stereocenters. The molecule has 3 fully saturated rings. The predicted molar refractivity (Wildman–Crippen MR) is 164 cm³/mol. The second-order valence-electron chi connectivity index (χ2n) is 12.5. The molecule has 278 valence electrons. The van der Waals surface area contributed by atoms with Gasteiger partial charge in [-0.05, 0) is 26.4 Å². The van der Waals surface area contributed by atoms with Crippen LogP contribution in [0, 0.1) is 0 Å².